The average molecular weight is 292 g/mol. The molecule has 1 amide bonds. The summed E-state index contributed by atoms with van der Waals surface area (Å²) < 4.78 is 0. The number of hydrogen-bond donors (Lipinski definition) is 1. The Balaban J connectivity index is 2.26. The molecule has 0 heterocycles. The van der Waals surface area contributed by atoms with Crippen molar-refractivity contribution in [3.8, 4) is 0 Å². The molecule has 1 aliphatic rings. The van der Waals surface area contributed by atoms with Crippen molar-refractivity contribution in [3.63, 3.8) is 0 Å². The predicted molar refractivity (Wildman–Crippen MR) is 90.6 cm³/mol. The minimum absolute atomic E-state index is 0.0501. The van der Waals surface area contributed by atoms with E-state index in [1.54, 1.807) is 0 Å². The van der Waals surface area contributed by atoms with Gasteiger partial charge < -0.3 is 5.32 Å². The number of nitrogens with one attached hydrogen (secondary N) is 1. The molecule has 0 radical (unpaired) electrons. The van der Waals surface area contributed by atoms with Crippen LogP contribution in [0, 0.1) is 20.8 Å². The maximum absolute atomic E-state index is 12.8. The van der Waals surface area contributed by atoms with Crippen molar-refractivity contribution >= 4 is 18.9 Å². The molecular formula is C17H27NOP+. The largest absolute Gasteiger partial charge is 0.322 e. The van der Waals surface area contributed by atoms with Crippen LogP contribution in [0.5, 0.6) is 0 Å². The van der Waals surface area contributed by atoms with E-state index in [1.165, 1.54) is 16.7 Å². The van der Waals surface area contributed by atoms with Gasteiger partial charge in [-0.05, 0) is 38.8 Å². The molecule has 20 heavy (non-hydrogen) atoms. The lowest BCUT2D eigenvalue weighted by Gasteiger charge is -2.27. The summed E-state index contributed by atoms with van der Waals surface area (Å²) in [5.41, 5.74) is 4.60. The van der Waals surface area contributed by atoms with Gasteiger partial charge in [0.05, 0.1) is 6.16 Å². The van der Waals surface area contributed by atoms with Gasteiger partial charge in [-0.25, -0.2) is 0 Å². The third kappa shape index (κ3) is 2.51. The van der Waals surface area contributed by atoms with Gasteiger partial charge in [-0.15, -0.1) is 0 Å². The van der Waals surface area contributed by atoms with Gasteiger partial charge in [0.1, 0.15) is 0 Å². The first-order chi connectivity index (χ1) is 9.23. The summed E-state index contributed by atoms with van der Waals surface area (Å²) in [5, 5.41) is 3.19. The van der Waals surface area contributed by atoms with Crippen molar-refractivity contribution in [1.82, 2.24) is 0 Å². The Morgan fingerprint density at radius 1 is 1.20 bits per heavy atom. The first-order valence-corrected chi connectivity index (χ1v) is 10.3. The molecular weight excluding hydrogens is 265 g/mol. The fourth-order valence-electron chi connectivity index (χ4n) is 3.14. The molecule has 3 heteroatoms. The summed E-state index contributed by atoms with van der Waals surface area (Å²) in [6, 6.07) is 4.28. The fraction of sp³-hybridized carbons (Fsp3) is 0.588. The zero-order valence-electron chi connectivity index (χ0n) is 13.6. The molecule has 0 aromatic heterocycles. The third-order valence-electron chi connectivity index (χ3n) is 5.01. The SMILES string of the molecule is CC[P+](C)(C)C1(C(=O)Nc2c(C)cc(C)cc2C)CC1. The molecule has 0 atom stereocenters. The van der Waals surface area contributed by atoms with Crippen molar-refractivity contribution in [3.05, 3.63) is 28.8 Å². The van der Waals surface area contributed by atoms with E-state index in [1.807, 2.05) is 0 Å². The number of anilines is 1. The van der Waals surface area contributed by atoms with E-state index >= 15 is 0 Å². The monoisotopic (exact) mass is 292 g/mol. The van der Waals surface area contributed by atoms with Crippen LogP contribution in [-0.2, 0) is 4.79 Å². The van der Waals surface area contributed by atoms with Crippen molar-refractivity contribution in [1.29, 1.82) is 0 Å². The van der Waals surface area contributed by atoms with Crippen LogP contribution in [0.1, 0.15) is 36.5 Å². The Bertz CT molecular complexity index is 521. The number of hydrogen-bond acceptors (Lipinski definition) is 1. The molecule has 1 aromatic carbocycles. The van der Waals surface area contributed by atoms with E-state index in [-0.39, 0.29) is 11.1 Å². The zero-order valence-corrected chi connectivity index (χ0v) is 14.5. The molecule has 0 unspecified atom stereocenters. The number of aryl methyl sites for hydroxylation is 3. The maximum Gasteiger partial charge on any atom is 0.268 e. The number of rotatable bonds is 4. The summed E-state index contributed by atoms with van der Waals surface area (Å²) in [6.07, 6.45) is 3.28. The normalized spacial score (nSPS) is 16.9. The highest BCUT2D eigenvalue weighted by molar-refractivity contribution is 7.77. The average Bonchev–Trinajstić information content (AvgIpc) is 3.15. The van der Waals surface area contributed by atoms with E-state index < -0.39 is 7.26 Å². The van der Waals surface area contributed by atoms with Crippen molar-refractivity contribution in [2.24, 2.45) is 0 Å². The lowest BCUT2D eigenvalue weighted by molar-refractivity contribution is -0.116. The molecule has 2 rings (SSSR count). The first-order valence-electron chi connectivity index (χ1n) is 7.46. The molecule has 110 valence electrons. The van der Waals surface area contributed by atoms with E-state index in [0.717, 1.165) is 24.7 Å². The van der Waals surface area contributed by atoms with E-state index in [4.69, 9.17) is 0 Å². The van der Waals surface area contributed by atoms with Crippen LogP contribution in [0.3, 0.4) is 0 Å². The van der Waals surface area contributed by atoms with E-state index in [9.17, 15) is 4.79 Å². The summed E-state index contributed by atoms with van der Waals surface area (Å²) >= 11 is 0. The molecule has 0 aliphatic heterocycles. The van der Waals surface area contributed by atoms with Gasteiger partial charge in [-0.2, -0.15) is 0 Å². The highest BCUT2D eigenvalue weighted by Gasteiger charge is 2.65. The highest BCUT2D eigenvalue weighted by Crippen LogP contribution is 2.73. The molecule has 1 saturated carbocycles. The minimum Gasteiger partial charge on any atom is -0.322 e. The fourth-order valence-corrected chi connectivity index (χ4v) is 5.67. The standard InChI is InChI=1S/C17H26NOP/c1-7-20(5,6)17(8-9-17)16(19)18-15-13(3)10-12(2)11-14(15)4/h10-11H,7-9H2,1-6H3/p+1. The second-order valence-corrected chi connectivity index (χ2v) is 11.6. The van der Waals surface area contributed by atoms with Crippen LogP contribution in [0.25, 0.3) is 0 Å². The summed E-state index contributed by atoms with van der Waals surface area (Å²) in [6.45, 7) is 13.1. The van der Waals surface area contributed by atoms with Gasteiger partial charge in [0.2, 0.25) is 0 Å². The third-order valence-corrected chi connectivity index (χ3v) is 9.56. The molecule has 0 saturated heterocycles. The number of carbonyl (C=O) groups is 1. The Kier molecular flexibility index (Phi) is 3.99. The molecule has 0 bridgehead atoms. The maximum atomic E-state index is 12.8. The highest BCUT2D eigenvalue weighted by atomic mass is 31.2. The Morgan fingerprint density at radius 3 is 2.10 bits per heavy atom. The molecule has 1 fully saturated rings. The lowest BCUT2D eigenvalue weighted by Crippen LogP contribution is -2.33. The van der Waals surface area contributed by atoms with Crippen molar-refractivity contribution in [2.45, 2.75) is 45.7 Å². The Morgan fingerprint density at radius 2 is 1.70 bits per heavy atom. The van der Waals surface area contributed by atoms with Crippen LogP contribution in [0.15, 0.2) is 12.1 Å². The van der Waals surface area contributed by atoms with E-state index in [0.29, 0.717) is 0 Å². The number of carbonyl (C=O) groups excluding carboxylic acids is 1. The second kappa shape index (κ2) is 5.15. The number of amides is 1. The summed E-state index contributed by atoms with van der Waals surface area (Å²) in [7, 11) is -1.16. The van der Waals surface area contributed by atoms with Gasteiger partial charge in [-0.1, -0.05) is 17.7 Å². The number of benzene rings is 1. The topological polar surface area (TPSA) is 29.1 Å². The van der Waals surface area contributed by atoms with Gasteiger partial charge in [-0.3, -0.25) is 4.79 Å². The molecule has 1 aliphatic carbocycles. The molecule has 2 nitrogen and oxygen atoms in total. The van der Waals surface area contributed by atoms with Gasteiger partial charge in [0, 0.05) is 39.1 Å². The van der Waals surface area contributed by atoms with Crippen LogP contribution >= 0.6 is 7.26 Å². The summed E-state index contributed by atoms with van der Waals surface area (Å²) in [4.78, 5) is 12.8. The second-order valence-electron chi connectivity index (χ2n) is 6.76. The Hall–Kier alpha value is -0.880. The van der Waals surface area contributed by atoms with Crippen LogP contribution in [-0.4, -0.2) is 30.6 Å². The van der Waals surface area contributed by atoms with Crippen LogP contribution < -0.4 is 5.32 Å². The Labute approximate surface area is 123 Å². The van der Waals surface area contributed by atoms with Gasteiger partial charge >= 0.3 is 0 Å². The van der Waals surface area contributed by atoms with Crippen LogP contribution in [0.2, 0.25) is 0 Å². The van der Waals surface area contributed by atoms with E-state index in [2.05, 4.69) is 58.5 Å². The minimum atomic E-state index is -1.16. The van der Waals surface area contributed by atoms with Gasteiger partial charge in [0.15, 0.2) is 5.16 Å². The quantitative estimate of drug-likeness (QED) is 0.820. The molecule has 1 N–H and O–H groups in total. The smallest absolute Gasteiger partial charge is 0.268 e. The zero-order chi connectivity index (χ0) is 15.1. The van der Waals surface area contributed by atoms with Crippen molar-refractivity contribution in [2.75, 3.05) is 24.8 Å². The van der Waals surface area contributed by atoms with Crippen molar-refractivity contribution < 1.29 is 4.79 Å². The summed E-state index contributed by atoms with van der Waals surface area (Å²) in [5.74, 6) is 0.257. The van der Waals surface area contributed by atoms with Crippen LogP contribution in [0.4, 0.5) is 5.69 Å². The lowest BCUT2D eigenvalue weighted by atomic mass is 10.0. The van der Waals surface area contributed by atoms with Gasteiger partial charge in [0.25, 0.3) is 5.91 Å². The predicted octanol–water partition coefficient (Wildman–Crippen LogP) is 4.38. The molecule has 0 spiro atoms. The first kappa shape index (κ1) is 15.5. The molecule has 1 aromatic rings.